The van der Waals surface area contributed by atoms with Crippen molar-refractivity contribution in [2.75, 3.05) is 40.3 Å². The summed E-state index contributed by atoms with van der Waals surface area (Å²) in [6, 6.07) is 15.2. The fourth-order valence-electron chi connectivity index (χ4n) is 4.65. The predicted molar refractivity (Wildman–Crippen MR) is 129 cm³/mol. The first-order valence-corrected chi connectivity index (χ1v) is 11.3. The second kappa shape index (κ2) is 8.85. The summed E-state index contributed by atoms with van der Waals surface area (Å²) in [4.78, 5) is 14.4. The van der Waals surface area contributed by atoms with Gasteiger partial charge in [0.25, 0.3) is 0 Å². The van der Waals surface area contributed by atoms with Crippen LogP contribution in [0.25, 0.3) is 16.7 Å². The van der Waals surface area contributed by atoms with Crippen LogP contribution < -0.4 is 4.74 Å². The van der Waals surface area contributed by atoms with E-state index in [9.17, 15) is 0 Å². The van der Waals surface area contributed by atoms with Gasteiger partial charge in [-0.05, 0) is 43.3 Å². The second-order valence-electron chi connectivity index (χ2n) is 8.91. The molecule has 0 spiro atoms. The van der Waals surface area contributed by atoms with Crippen LogP contribution in [-0.4, -0.2) is 60.1 Å². The van der Waals surface area contributed by atoms with Crippen LogP contribution in [-0.2, 0) is 13.0 Å². The quantitative estimate of drug-likeness (QED) is 0.609. The van der Waals surface area contributed by atoms with Gasteiger partial charge >= 0.3 is 0 Å². The van der Waals surface area contributed by atoms with Crippen molar-refractivity contribution in [2.24, 2.45) is 0 Å². The number of allylic oxidation sites excluding steroid dienone is 1. The van der Waals surface area contributed by atoms with Gasteiger partial charge in [-0.15, -0.1) is 0 Å². The lowest BCUT2D eigenvalue weighted by molar-refractivity contribution is 0.148. The van der Waals surface area contributed by atoms with E-state index >= 15 is 0 Å². The number of pyridine rings is 2. The Labute approximate surface area is 190 Å². The molecule has 0 radical (unpaired) electrons. The number of hydrogen-bond donors (Lipinski definition) is 0. The SMILES string of the molecule is COc1ccc(C2=C(C)Cc3ncc(-c4ccc(CN5CCN(C)CC5)cc4)cc32)nc1. The highest BCUT2D eigenvalue weighted by Gasteiger charge is 2.23. The van der Waals surface area contributed by atoms with Crippen LogP contribution in [0.5, 0.6) is 5.75 Å². The highest BCUT2D eigenvalue weighted by atomic mass is 16.5. The van der Waals surface area contributed by atoms with E-state index in [1.165, 1.54) is 27.8 Å². The Bertz CT molecular complexity index is 1130. The summed E-state index contributed by atoms with van der Waals surface area (Å²) in [7, 11) is 3.86. The molecule has 0 bridgehead atoms. The summed E-state index contributed by atoms with van der Waals surface area (Å²) in [6.07, 6.45) is 4.67. The molecule has 1 aliphatic carbocycles. The Morgan fingerprint density at radius 1 is 0.906 bits per heavy atom. The fourth-order valence-corrected chi connectivity index (χ4v) is 4.65. The third-order valence-corrected chi connectivity index (χ3v) is 6.62. The van der Waals surface area contributed by atoms with Crippen molar-refractivity contribution in [3.8, 4) is 16.9 Å². The minimum Gasteiger partial charge on any atom is -0.495 e. The maximum Gasteiger partial charge on any atom is 0.137 e. The molecule has 1 saturated heterocycles. The smallest absolute Gasteiger partial charge is 0.137 e. The zero-order chi connectivity index (χ0) is 22.1. The number of nitrogens with zero attached hydrogens (tertiary/aromatic N) is 4. The Morgan fingerprint density at radius 2 is 1.69 bits per heavy atom. The molecule has 2 aliphatic rings. The first-order chi connectivity index (χ1) is 15.6. The molecular formula is C27H30N4O. The van der Waals surface area contributed by atoms with E-state index in [4.69, 9.17) is 9.72 Å². The van der Waals surface area contributed by atoms with Gasteiger partial charge in [-0.2, -0.15) is 0 Å². The van der Waals surface area contributed by atoms with E-state index in [2.05, 4.69) is 59.1 Å². The second-order valence-corrected chi connectivity index (χ2v) is 8.91. The average Bonchev–Trinajstić information content (AvgIpc) is 3.16. The lowest BCUT2D eigenvalue weighted by atomic mass is 9.99. The van der Waals surface area contributed by atoms with Crippen LogP contribution in [0, 0.1) is 0 Å². The molecule has 0 unspecified atom stereocenters. The largest absolute Gasteiger partial charge is 0.495 e. The summed E-state index contributed by atoms with van der Waals surface area (Å²) in [5.74, 6) is 0.772. The van der Waals surface area contributed by atoms with Crippen LogP contribution >= 0.6 is 0 Å². The van der Waals surface area contributed by atoms with Crippen molar-refractivity contribution in [3.05, 3.63) is 82.9 Å². The molecule has 5 heteroatoms. The fraction of sp³-hybridized carbons (Fsp3) is 0.333. The van der Waals surface area contributed by atoms with Gasteiger partial charge in [0.05, 0.1) is 24.7 Å². The van der Waals surface area contributed by atoms with Crippen molar-refractivity contribution in [1.82, 2.24) is 19.8 Å². The minimum atomic E-state index is 0.772. The number of aromatic nitrogens is 2. The Hall–Kier alpha value is -3.02. The summed E-state index contributed by atoms with van der Waals surface area (Å²) in [5, 5.41) is 0. The van der Waals surface area contributed by atoms with Crippen molar-refractivity contribution in [1.29, 1.82) is 0 Å². The number of fused-ring (bicyclic) bond motifs is 1. The molecule has 0 saturated carbocycles. The molecule has 1 aromatic carbocycles. The number of rotatable bonds is 5. The van der Waals surface area contributed by atoms with Gasteiger partial charge in [-0.1, -0.05) is 29.8 Å². The maximum absolute atomic E-state index is 5.27. The molecule has 1 aliphatic heterocycles. The van der Waals surface area contributed by atoms with Crippen molar-refractivity contribution in [3.63, 3.8) is 0 Å². The maximum atomic E-state index is 5.27. The molecule has 32 heavy (non-hydrogen) atoms. The first kappa shape index (κ1) is 20.9. The van der Waals surface area contributed by atoms with Crippen LogP contribution in [0.3, 0.4) is 0 Å². The zero-order valence-corrected chi connectivity index (χ0v) is 19.1. The summed E-state index contributed by atoms with van der Waals surface area (Å²) in [5.41, 5.74) is 9.53. The lowest BCUT2D eigenvalue weighted by Crippen LogP contribution is -2.43. The number of likely N-dealkylation sites (N-methyl/N-ethyl adjacent to an activating group) is 1. The number of piperazine rings is 1. The van der Waals surface area contributed by atoms with E-state index < -0.39 is 0 Å². The monoisotopic (exact) mass is 426 g/mol. The number of methoxy groups -OCH3 is 1. The molecule has 1 fully saturated rings. The van der Waals surface area contributed by atoms with Crippen molar-refractivity contribution in [2.45, 2.75) is 19.9 Å². The molecule has 3 heterocycles. The summed E-state index contributed by atoms with van der Waals surface area (Å²) < 4.78 is 5.27. The molecule has 164 valence electrons. The molecule has 2 aromatic heterocycles. The van der Waals surface area contributed by atoms with Gasteiger partial charge in [0.1, 0.15) is 5.75 Å². The molecular weight excluding hydrogens is 396 g/mol. The molecule has 0 atom stereocenters. The Balaban J connectivity index is 1.37. The topological polar surface area (TPSA) is 41.5 Å². The van der Waals surface area contributed by atoms with Crippen LogP contribution in [0.2, 0.25) is 0 Å². The van der Waals surface area contributed by atoms with Crippen molar-refractivity contribution >= 4 is 5.57 Å². The van der Waals surface area contributed by atoms with Crippen LogP contribution in [0.1, 0.15) is 29.4 Å². The number of hydrogen-bond acceptors (Lipinski definition) is 5. The van der Waals surface area contributed by atoms with Gasteiger partial charge in [0, 0.05) is 62.0 Å². The summed E-state index contributed by atoms with van der Waals surface area (Å²) in [6.45, 7) is 7.78. The van der Waals surface area contributed by atoms with E-state index in [1.807, 2.05) is 18.3 Å². The third-order valence-electron chi connectivity index (χ3n) is 6.62. The lowest BCUT2D eigenvalue weighted by Gasteiger charge is -2.32. The molecule has 3 aromatic rings. The number of benzene rings is 1. The Kier molecular flexibility index (Phi) is 5.77. The Morgan fingerprint density at radius 3 is 2.38 bits per heavy atom. The standard InChI is InChI=1S/C27H30N4O/c1-19-14-26-24(27(19)25-9-8-23(32-3)17-29-25)15-22(16-28-26)21-6-4-20(5-7-21)18-31-12-10-30(2)11-13-31/h4-9,15-17H,10-14,18H2,1-3H3. The van der Waals surface area contributed by atoms with Crippen LogP contribution in [0.15, 0.2) is 60.4 Å². The predicted octanol–water partition coefficient (Wildman–Crippen LogP) is 4.28. The minimum absolute atomic E-state index is 0.772. The van der Waals surface area contributed by atoms with Crippen LogP contribution in [0.4, 0.5) is 0 Å². The van der Waals surface area contributed by atoms with E-state index in [0.29, 0.717) is 0 Å². The highest BCUT2D eigenvalue weighted by molar-refractivity contribution is 5.86. The summed E-state index contributed by atoms with van der Waals surface area (Å²) >= 11 is 0. The van der Waals surface area contributed by atoms with Gasteiger partial charge in [-0.25, -0.2) is 0 Å². The molecule has 5 rings (SSSR count). The zero-order valence-electron chi connectivity index (χ0n) is 19.1. The molecule has 5 nitrogen and oxygen atoms in total. The molecule has 0 amide bonds. The normalized spacial score (nSPS) is 17.0. The van der Waals surface area contributed by atoms with Gasteiger partial charge in [0.2, 0.25) is 0 Å². The van der Waals surface area contributed by atoms with E-state index in [1.54, 1.807) is 13.3 Å². The van der Waals surface area contributed by atoms with E-state index in [-0.39, 0.29) is 0 Å². The number of ether oxygens (including phenoxy) is 1. The average molecular weight is 427 g/mol. The van der Waals surface area contributed by atoms with Crippen molar-refractivity contribution < 1.29 is 4.74 Å². The van der Waals surface area contributed by atoms with Gasteiger partial charge in [-0.3, -0.25) is 14.9 Å². The third kappa shape index (κ3) is 4.18. The van der Waals surface area contributed by atoms with Gasteiger partial charge in [0.15, 0.2) is 0 Å². The molecule has 0 N–H and O–H groups in total. The first-order valence-electron chi connectivity index (χ1n) is 11.3. The van der Waals surface area contributed by atoms with Gasteiger partial charge < -0.3 is 9.64 Å². The van der Waals surface area contributed by atoms with E-state index in [0.717, 1.165) is 61.8 Å². The highest BCUT2D eigenvalue weighted by Crippen LogP contribution is 2.37.